The van der Waals surface area contributed by atoms with Gasteiger partial charge in [-0.05, 0) is 73.2 Å². The second-order valence-corrected chi connectivity index (χ2v) is 21.7. The van der Waals surface area contributed by atoms with Gasteiger partial charge >= 0.3 is 29.8 Å². The molecule has 4 aliphatic rings. The van der Waals surface area contributed by atoms with Crippen LogP contribution in [0.15, 0.2) is 212 Å². The van der Waals surface area contributed by atoms with Gasteiger partial charge in [-0.25, -0.2) is 24.0 Å². The van der Waals surface area contributed by atoms with Gasteiger partial charge in [0.05, 0.1) is 53.7 Å². The van der Waals surface area contributed by atoms with Crippen LogP contribution in [-0.2, 0) is 77.7 Å². The van der Waals surface area contributed by atoms with Gasteiger partial charge in [0.15, 0.2) is 43.3 Å². The molecule has 0 saturated carbocycles. The van der Waals surface area contributed by atoms with Crippen LogP contribution in [0.1, 0.15) is 76.1 Å². The van der Waals surface area contributed by atoms with Crippen LogP contribution in [0.25, 0.3) is 0 Å². The van der Waals surface area contributed by atoms with Crippen LogP contribution in [0.2, 0.25) is 0 Å². The van der Waals surface area contributed by atoms with Crippen molar-refractivity contribution in [3.8, 4) is 0 Å². The highest BCUT2D eigenvalue weighted by Crippen LogP contribution is 2.41. The van der Waals surface area contributed by atoms with Crippen molar-refractivity contribution in [2.24, 2.45) is 0 Å². The number of benzene rings is 7. The fourth-order valence-electron chi connectivity index (χ4n) is 11.3. The van der Waals surface area contributed by atoms with Crippen LogP contribution >= 0.6 is 0 Å². The van der Waals surface area contributed by atoms with Crippen molar-refractivity contribution in [2.45, 2.75) is 112 Å². The lowest BCUT2D eigenvalue weighted by Crippen LogP contribution is -2.69. The fraction of sp³-hybridized carbons (Fsp3) is 0.329. The van der Waals surface area contributed by atoms with Crippen molar-refractivity contribution in [3.05, 3.63) is 251 Å². The van der Waals surface area contributed by atoms with Crippen molar-refractivity contribution < 1.29 is 95.0 Å². The van der Waals surface area contributed by atoms with E-state index in [0.29, 0.717) is 5.56 Å². The Morgan fingerprint density at radius 3 is 1.29 bits per heavy atom. The fourth-order valence-corrected chi connectivity index (χ4v) is 11.3. The predicted molar refractivity (Wildman–Crippen MR) is 318 cm³/mol. The van der Waals surface area contributed by atoms with E-state index in [4.69, 9.17) is 71.1 Å². The van der Waals surface area contributed by atoms with Crippen LogP contribution < -0.4 is 0 Å². The minimum Gasteiger partial charge on any atom is -0.459 e. The van der Waals surface area contributed by atoms with Gasteiger partial charge in [-0.1, -0.05) is 152 Å². The minimum atomic E-state index is -1.84. The Morgan fingerprint density at radius 2 is 0.800 bits per heavy atom. The summed E-state index contributed by atoms with van der Waals surface area (Å²) in [6, 6.07) is 59.0. The number of fused-ring (bicyclic) bond motifs is 1. The Kier molecular flexibility index (Phi) is 21.3. The number of carbonyl (C=O) groups is 5. The normalized spacial score (nSPS) is 28.0. The Hall–Kier alpha value is -8.51. The van der Waals surface area contributed by atoms with Crippen molar-refractivity contribution in [1.29, 1.82) is 0 Å². The van der Waals surface area contributed by atoms with Crippen LogP contribution in [0.5, 0.6) is 0 Å². The van der Waals surface area contributed by atoms with Gasteiger partial charge in [0.25, 0.3) is 0 Å². The molecule has 0 N–H and O–H groups in total. The van der Waals surface area contributed by atoms with E-state index in [2.05, 4.69) is 0 Å². The number of methoxy groups -OCH3 is 2. The van der Waals surface area contributed by atoms with Crippen molar-refractivity contribution in [2.75, 3.05) is 34.0 Å². The van der Waals surface area contributed by atoms with Crippen molar-refractivity contribution in [3.63, 3.8) is 0 Å². The van der Waals surface area contributed by atoms with Crippen molar-refractivity contribution >= 4 is 29.8 Å². The molecule has 90 heavy (non-hydrogen) atoms. The molecular weight excluding hydrogens is 1160 g/mol. The Bertz CT molecular complexity index is 3420. The molecule has 11 rings (SSSR count). The summed E-state index contributed by atoms with van der Waals surface area (Å²) < 4.78 is 98.5. The quantitative estimate of drug-likeness (QED) is 0.0455. The smallest absolute Gasteiger partial charge is 0.338 e. The molecule has 0 amide bonds. The molecule has 20 heteroatoms. The predicted octanol–water partition coefficient (Wildman–Crippen LogP) is 9.11. The molecule has 0 bridgehead atoms. The van der Waals surface area contributed by atoms with Gasteiger partial charge in [0.2, 0.25) is 0 Å². The molecule has 7 aromatic rings. The number of esters is 5. The molecule has 0 spiro atoms. The maximum absolute atomic E-state index is 15.0. The summed E-state index contributed by atoms with van der Waals surface area (Å²) in [4.78, 5) is 73.1. The topological polar surface area (TPSA) is 224 Å². The number of ether oxygens (including phenoxy) is 15. The van der Waals surface area contributed by atoms with E-state index in [0.717, 1.165) is 5.56 Å². The zero-order valence-electron chi connectivity index (χ0n) is 49.4. The second-order valence-electron chi connectivity index (χ2n) is 21.7. The third-order valence-corrected chi connectivity index (χ3v) is 15.7. The van der Waals surface area contributed by atoms with Gasteiger partial charge in [-0.15, -0.1) is 0 Å². The summed E-state index contributed by atoms with van der Waals surface area (Å²) in [6.07, 6.45) is -21.6. The highest BCUT2D eigenvalue weighted by atomic mass is 16.8. The highest BCUT2D eigenvalue weighted by molar-refractivity contribution is 5.92. The van der Waals surface area contributed by atoms with Crippen LogP contribution in [0, 0.1) is 0 Å². The molecule has 4 heterocycles. The number of carbonyl (C=O) groups excluding carboxylic acids is 5. The summed E-state index contributed by atoms with van der Waals surface area (Å²) in [6.45, 7) is 1.10. The van der Waals surface area contributed by atoms with E-state index >= 15 is 0 Å². The molecule has 7 unspecified atom stereocenters. The second kappa shape index (κ2) is 30.3. The summed E-state index contributed by atoms with van der Waals surface area (Å²) in [5.41, 5.74) is 2.08. The molecule has 0 aromatic heterocycles. The average Bonchev–Trinajstić information content (AvgIpc) is 0.793. The molecule has 20 nitrogen and oxygen atoms in total. The summed E-state index contributed by atoms with van der Waals surface area (Å²) in [5, 5.41) is 0. The summed E-state index contributed by atoms with van der Waals surface area (Å²) >= 11 is 0. The Labute approximate surface area is 519 Å². The maximum atomic E-state index is 15.0. The van der Waals surface area contributed by atoms with Crippen LogP contribution in [0.4, 0.5) is 0 Å². The van der Waals surface area contributed by atoms with E-state index in [1.807, 2.05) is 55.5 Å². The third-order valence-electron chi connectivity index (χ3n) is 15.7. The van der Waals surface area contributed by atoms with Crippen LogP contribution in [-0.4, -0.2) is 156 Å². The Balaban J connectivity index is 1.04. The minimum absolute atomic E-state index is 0.0581. The first-order valence-corrected chi connectivity index (χ1v) is 29.6. The zero-order chi connectivity index (χ0) is 62.3. The van der Waals surface area contributed by atoms with Gasteiger partial charge in [0.1, 0.15) is 55.4 Å². The SMILES string of the molecule is COC1[C@H](C)OC(COCc2ccccc2)[C@@H](O[C@@H]2O[C@@H](COC(=O)c3ccccc3)[C@@H](O[C@H]3O[C@H]4COC(c5ccccc5)O[C@H]4C(OC(=O)c4ccccc4)C3OC(=O)c3ccccc3)C(OC(=O)c3ccccc3)C2OC(=O)c2ccccc2)[C@@H]1OC. The zero-order valence-corrected chi connectivity index (χ0v) is 49.4. The number of rotatable bonds is 22. The molecular formula is C70H68O20. The lowest BCUT2D eigenvalue weighted by molar-refractivity contribution is -0.389. The first-order valence-electron chi connectivity index (χ1n) is 29.6. The first-order chi connectivity index (χ1) is 44.0. The third kappa shape index (κ3) is 15.2. The van der Waals surface area contributed by atoms with Gasteiger partial charge in [0, 0.05) is 19.8 Å². The van der Waals surface area contributed by atoms with Crippen molar-refractivity contribution in [1.82, 2.24) is 0 Å². The largest absolute Gasteiger partial charge is 0.459 e. The van der Waals surface area contributed by atoms with Gasteiger partial charge < -0.3 is 71.1 Å². The maximum Gasteiger partial charge on any atom is 0.338 e. The monoisotopic (exact) mass is 1230 g/mol. The molecule has 0 radical (unpaired) electrons. The number of hydrogen-bond acceptors (Lipinski definition) is 20. The standard InChI is InChI=1S/C70H68O20/c1-43-54(76-2)58(77-3)55(51(81-43)40-78-39-44-25-11-4-12-26-44)89-69-62(87-67(75)49-35-21-9-22-36-49)60(85-65(73)47-31-17-7-18-32-47)57(52(82-69)41-79-63(71)45-27-13-5-14-28-45)90-70-61(86-66(74)48-33-19-8-20-34-48)59(84-64(72)46-29-15-6-16-30-46)56-53(83-70)42-80-68(88-56)50-37-23-10-24-38-50/h4-38,43,51-62,68-70H,39-42H2,1-3H3/t43-,51?,52-,53-,54?,55+,56+,57+,58+,59?,60?,61?,62?,68?,69-,70+/m0/s1. The average molecular weight is 1230 g/mol. The molecule has 7 aromatic carbocycles. The molecule has 4 aliphatic heterocycles. The molecule has 4 saturated heterocycles. The van der Waals surface area contributed by atoms with E-state index in [1.54, 1.807) is 127 Å². The molecule has 468 valence electrons. The highest BCUT2D eigenvalue weighted by Gasteiger charge is 2.60. The van der Waals surface area contributed by atoms with Gasteiger partial charge in [-0.2, -0.15) is 0 Å². The van der Waals surface area contributed by atoms with E-state index < -0.39 is 135 Å². The lowest BCUT2D eigenvalue weighted by Gasteiger charge is -2.51. The van der Waals surface area contributed by atoms with E-state index in [-0.39, 0.29) is 47.6 Å². The Morgan fingerprint density at radius 1 is 0.400 bits per heavy atom. The van der Waals surface area contributed by atoms with E-state index in [9.17, 15) is 24.0 Å². The van der Waals surface area contributed by atoms with E-state index in [1.165, 1.54) is 50.6 Å². The lowest BCUT2D eigenvalue weighted by atomic mass is 9.93. The molecule has 4 fully saturated rings. The number of hydrogen-bond donors (Lipinski definition) is 0. The molecule has 16 atom stereocenters. The summed E-state index contributed by atoms with van der Waals surface area (Å²) in [7, 11) is 2.98. The summed E-state index contributed by atoms with van der Waals surface area (Å²) in [5.74, 6) is -4.34. The first kappa shape index (κ1) is 63.1. The molecule has 0 aliphatic carbocycles. The van der Waals surface area contributed by atoms with Crippen LogP contribution in [0.3, 0.4) is 0 Å². The van der Waals surface area contributed by atoms with Gasteiger partial charge in [-0.3, -0.25) is 0 Å².